The molecule has 8 heteroatoms. The lowest BCUT2D eigenvalue weighted by molar-refractivity contribution is -0.137. The lowest BCUT2D eigenvalue weighted by Crippen LogP contribution is -2.39. The Bertz CT molecular complexity index is 866. The molecule has 148 valence electrons. The molecule has 0 radical (unpaired) electrons. The summed E-state index contributed by atoms with van der Waals surface area (Å²) in [5, 5.41) is 0. The Morgan fingerprint density at radius 3 is 2.11 bits per heavy atom. The van der Waals surface area contributed by atoms with E-state index in [0.717, 1.165) is 12.1 Å². The van der Waals surface area contributed by atoms with E-state index in [-0.39, 0.29) is 5.91 Å². The third kappa shape index (κ3) is 4.27. The molecule has 0 aromatic heterocycles. The molecule has 3 amide bonds. The second kappa shape index (κ2) is 7.92. The molecule has 0 bridgehead atoms. The molecule has 5 nitrogen and oxygen atoms in total. The molecule has 2 aromatic carbocycles. The van der Waals surface area contributed by atoms with Crippen molar-refractivity contribution in [3.05, 3.63) is 59.7 Å². The maximum absolute atomic E-state index is 13.1. The van der Waals surface area contributed by atoms with Gasteiger partial charge in [0.1, 0.15) is 0 Å². The van der Waals surface area contributed by atoms with E-state index in [1.54, 1.807) is 29.2 Å². The summed E-state index contributed by atoms with van der Waals surface area (Å²) in [6, 6.07) is 11.1. The lowest BCUT2D eigenvalue weighted by atomic mass is 9.97. The van der Waals surface area contributed by atoms with Crippen molar-refractivity contribution in [3.63, 3.8) is 0 Å². The van der Waals surface area contributed by atoms with Crippen LogP contribution in [-0.2, 0) is 6.18 Å². The number of nitrogens with two attached hydrogens (primary N) is 1. The first kappa shape index (κ1) is 19.7. The fourth-order valence-electron chi connectivity index (χ4n) is 3.27. The number of primary amides is 1. The molecule has 1 aliphatic heterocycles. The van der Waals surface area contributed by atoms with Crippen LogP contribution >= 0.6 is 0 Å². The number of carbonyl (C=O) groups excluding carboxylic acids is 2. The summed E-state index contributed by atoms with van der Waals surface area (Å²) in [4.78, 5) is 27.6. The number of benzene rings is 2. The lowest BCUT2D eigenvalue weighted by Gasteiger charge is -2.22. The van der Waals surface area contributed by atoms with Crippen molar-refractivity contribution in [1.29, 1.82) is 0 Å². The van der Waals surface area contributed by atoms with Gasteiger partial charge >= 0.3 is 12.2 Å². The summed E-state index contributed by atoms with van der Waals surface area (Å²) in [5.74, 6) is -0.221. The van der Waals surface area contributed by atoms with Gasteiger partial charge in [-0.25, -0.2) is 4.79 Å². The van der Waals surface area contributed by atoms with Gasteiger partial charge in [-0.15, -0.1) is 0 Å². The van der Waals surface area contributed by atoms with Crippen LogP contribution in [0.2, 0.25) is 0 Å². The van der Waals surface area contributed by atoms with Crippen LogP contribution in [0.3, 0.4) is 0 Å². The number of carbonyl (C=O) groups is 2. The largest absolute Gasteiger partial charge is 0.416 e. The number of nitrogens with zero attached hydrogens (tertiary/aromatic N) is 2. The van der Waals surface area contributed by atoms with E-state index < -0.39 is 17.8 Å². The van der Waals surface area contributed by atoms with E-state index in [9.17, 15) is 22.8 Å². The SMILES string of the molecule is NC(=O)N1CCCN(C(=O)c2ccccc2-c2ccc(C(F)(F)F)cc2)CC1. The van der Waals surface area contributed by atoms with Gasteiger partial charge in [-0.2, -0.15) is 13.2 Å². The van der Waals surface area contributed by atoms with Crippen LogP contribution in [0.1, 0.15) is 22.3 Å². The standard InChI is InChI=1S/C20H20F3N3O2/c21-20(22,23)15-8-6-14(7-9-15)16-4-1-2-5-17(16)18(27)25-10-3-11-26(13-12-25)19(24)28/h1-2,4-9H,3,10-13H2,(H2,24,28). The zero-order valence-corrected chi connectivity index (χ0v) is 15.1. The summed E-state index contributed by atoms with van der Waals surface area (Å²) in [6.07, 6.45) is -3.80. The number of alkyl halides is 3. The van der Waals surface area contributed by atoms with Crippen LogP contribution in [0, 0.1) is 0 Å². The molecule has 28 heavy (non-hydrogen) atoms. The number of hydrogen-bond donors (Lipinski definition) is 1. The number of rotatable bonds is 2. The Labute approximate surface area is 160 Å². The fourth-order valence-corrected chi connectivity index (χ4v) is 3.27. The molecule has 0 saturated carbocycles. The Morgan fingerprint density at radius 1 is 0.857 bits per heavy atom. The van der Waals surface area contributed by atoms with E-state index in [4.69, 9.17) is 5.73 Å². The van der Waals surface area contributed by atoms with Crippen molar-refractivity contribution in [1.82, 2.24) is 9.80 Å². The highest BCUT2D eigenvalue weighted by Gasteiger charge is 2.30. The van der Waals surface area contributed by atoms with Crippen molar-refractivity contribution >= 4 is 11.9 Å². The molecule has 0 spiro atoms. The molecule has 3 rings (SSSR count). The second-order valence-electron chi connectivity index (χ2n) is 6.59. The van der Waals surface area contributed by atoms with E-state index in [1.807, 2.05) is 0 Å². The minimum absolute atomic E-state index is 0.221. The van der Waals surface area contributed by atoms with Crippen molar-refractivity contribution in [2.24, 2.45) is 5.73 Å². The molecule has 1 fully saturated rings. The van der Waals surface area contributed by atoms with Gasteiger partial charge in [0, 0.05) is 31.7 Å². The molecule has 1 heterocycles. The van der Waals surface area contributed by atoms with Crippen LogP contribution in [0.5, 0.6) is 0 Å². The maximum Gasteiger partial charge on any atom is 0.416 e. The van der Waals surface area contributed by atoms with E-state index in [0.29, 0.717) is 49.3 Å². The molecular formula is C20H20F3N3O2. The Hall–Kier alpha value is -3.03. The van der Waals surface area contributed by atoms with Gasteiger partial charge in [0.15, 0.2) is 0 Å². The van der Waals surface area contributed by atoms with Gasteiger partial charge in [-0.3, -0.25) is 4.79 Å². The maximum atomic E-state index is 13.1. The minimum Gasteiger partial charge on any atom is -0.351 e. The summed E-state index contributed by atoms with van der Waals surface area (Å²) in [6.45, 7) is 1.66. The Morgan fingerprint density at radius 2 is 1.46 bits per heavy atom. The van der Waals surface area contributed by atoms with E-state index >= 15 is 0 Å². The average Bonchev–Trinajstić information content (AvgIpc) is 2.93. The minimum atomic E-state index is -4.41. The Balaban J connectivity index is 1.86. The third-order valence-corrected chi connectivity index (χ3v) is 4.78. The molecule has 1 aliphatic rings. The zero-order valence-electron chi connectivity index (χ0n) is 15.1. The predicted molar refractivity (Wildman–Crippen MR) is 98.6 cm³/mol. The fraction of sp³-hybridized carbons (Fsp3) is 0.300. The molecule has 0 unspecified atom stereocenters. The van der Waals surface area contributed by atoms with Crippen LogP contribution in [-0.4, -0.2) is 47.9 Å². The monoisotopic (exact) mass is 391 g/mol. The third-order valence-electron chi connectivity index (χ3n) is 4.78. The van der Waals surface area contributed by atoms with Crippen molar-refractivity contribution in [2.45, 2.75) is 12.6 Å². The Kier molecular flexibility index (Phi) is 5.58. The van der Waals surface area contributed by atoms with Crippen molar-refractivity contribution in [2.75, 3.05) is 26.2 Å². The number of amides is 3. The number of hydrogen-bond acceptors (Lipinski definition) is 2. The summed E-state index contributed by atoms with van der Waals surface area (Å²) in [5.41, 5.74) is 6.09. The van der Waals surface area contributed by atoms with Crippen LogP contribution in [0.15, 0.2) is 48.5 Å². The highest BCUT2D eigenvalue weighted by Crippen LogP contribution is 2.32. The highest BCUT2D eigenvalue weighted by molar-refractivity contribution is 6.01. The van der Waals surface area contributed by atoms with Crippen molar-refractivity contribution < 1.29 is 22.8 Å². The number of urea groups is 1. The normalized spacial score (nSPS) is 15.2. The van der Waals surface area contributed by atoms with Crippen LogP contribution < -0.4 is 5.73 Å². The first-order chi connectivity index (χ1) is 13.3. The molecule has 2 aromatic rings. The van der Waals surface area contributed by atoms with Gasteiger partial charge in [-0.05, 0) is 35.7 Å². The molecule has 0 atom stereocenters. The molecular weight excluding hydrogens is 371 g/mol. The van der Waals surface area contributed by atoms with Gasteiger partial charge in [0.25, 0.3) is 5.91 Å². The topological polar surface area (TPSA) is 66.6 Å². The highest BCUT2D eigenvalue weighted by atomic mass is 19.4. The smallest absolute Gasteiger partial charge is 0.351 e. The van der Waals surface area contributed by atoms with Gasteiger partial charge in [-0.1, -0.05) is 30.3 Å². The van der Waals surface area contributed by atoms with Gasteiger partial charge in [0.2, 0.25) is 0 Å². The molecule has 1 saturated heterocycles. The van der Waals surface area contributed by atoms with Crippen LogP contribution in [0.25, 0.3) is 11.1 Å². The summed E-state index contributed by atoms with van der Waals surface area (Å²) >= 11 is 0. The van der Waals surface area contributed by atoms with Crippen LogP contribution in [0.4, 0.5) is 18.0 Å². The number of halogens is 3. The van der Waals surface area contributed by atoms with Gasteiger partial charge in [0.05, 0.1) is 5.56 Å². The first-order valence-corrected chi connectivity index (χ1v) is 8.87. The molecule has 0 aliphatic carbocycles. The van der Waals surface area contributed by atoms with Crippen molar-refractivity contribution in [3.8, 4) is 11.1 Å². The molecule has 2 N–H and O–H groups in total. The first-order valence-electron chi connectivity index (χ1n) is 8.87. The second-order valence-corrected chi connectivity index (χ2v) is 6.59. The summed E-state index contributed by atoms with van der Waals surface area (Å²) < 4.78 is 38.4. The predicted octanol–water partition coefficient (Wildman–Crippen LogP) is 3.60. The average molecular weight is 391 g/mol. The quantitative estimate of drug-likeness (QED) is 0.850. The summed E-state index contributed by atoms with van der Waals surface area (Å²) in [7, 11) is 0. The zero-order chi connectivity index (χ0) is 20.3. The van der Waals surface area contributed by atoms with E-state index in [1.165, 1.54) is 17.0 Å². The van der Waals surface area contributed by atoms with Gasteiger partial charge < -0.3 is 15.5 Å². The van der Waals surface area contributed by atoms with E-state index in [2.05, 4.69) is 0 Å².